The smallest absolute Gasteiger partial charge is 0.161 e. The molecule has 0 saturated carbocycles. The summed E-state index contributed by atoms with van der Waals surface area (Å²) in [7, 11) is 1.86. The molecular weight excluding hydrogens is 176 g/mol. The predicted molar refractivity (Wildman–Crippen MR) is 61.6 cm³/mol. The molecule has 0 aliphatic heterocycles. The number of aliphatic imine (C=N–C) groups is 1. The number of aromatic nitrogens is 2. The van der Waals surface area contributed by atoms with Gasteiger partial charge in [0.05, 0.1) is 12.0 Å². The van der Waals surface area contributed by atoms with E-state index in [-0.39, 0.29) is 0 Å². The SMILES string of the molecule is C=C(N)c1ncn(C)c1/N=C\C.CC. The minimum Gasteiger partial charge on any atom is -0.397 e. The highest BCUT2D eigenvalue weighted by atomic mass is 15.1. The lowest BCUT2D eigenvalue weighted by molar-refractivity contribution is 0.912. The zero-order valence-electron chi connectivity index (χ0n) is 9.28. The lowest BCUT2D eigenvalue weighted by atomic mass is 10.3. The molecule has 0 bridgehead atoms. The van der Waals surface area contributed by atoms with Gasteiger partial charge in [-0.2, -0.15) is 0 Å². The van der Waals surface area contributed by atoms with Crippen LogP contribution in [0.25, 0.3) is 5.70 Å². The van der Waals surface area contributed by atoms with Crippen LogP contribution in [-0.4, -0.2) is 15.8 Å². The Kier molecular flexibility index (Phi) is 5.29. The number of nitrogens with two attached hydrogens (primary N) is 1. The molecule has 0 aromatic carbocycles. The van der Waals surface area contributed by atoms with Gasteiger partial charge in [-0.1, -0.05) is 20.4 Å². The normalized spacial score (nSPS) is 9.71. The first-order valence-electron chi connectivity index (χ1n) is 4.61. The van der Waals surface area contributed by atoms with Crippen molar-refractivity contribution in [3.8, 4) is 0 Å². The van der Waals surface area contributed by atoms with E-state index in [4.69, 9.17) is 5.73 Å². The molecule has 4 heteroatoms. The topological polar surface area (TPSA) is 56.2 Å². The van der Waals surface area contributed by atoms with Gasteiger partial charge in [0.15, 0.2) is 5.82 Å². The molecule has 1 heterocycles. The first kappa shape index (κ1) is 12.4. The van der Waals surface area contributed by atoms with Gasteiger partial charge in [-0.25, -0.2) is 9.98 Å². The minimum atomic E-state index is 0.441. The third kappa shape index (κ3) is 2.73. The summed E-state index contributed by atoms with van der Waals surface area (Å²) in [5.74, 6) is 0.741. The van der Waals surface area contributed by atoms with E-state index in [1.165, 1.54) is 0 Å². The molecule has 0 fully saturated rings. The molecule has 1 aromatic rings. The Morgan fingerprint density at radius 3 is 2.64 bits per heavy atom. The van der Waals surface area contributed by atoms with Crippen LogP contribution in [0.1, 0.15) is 26.5 Å². The molecule has 1 rings (SSSR count). The Morgan fingerprint density at radius 2 is 2.21 bits per heavy atom. The Hall–Kier alpha value is -1.58. The van der Waals surface area contributed by atoms with Gasteiger partial charge in [-0.3, -0.25) is 0 Å². The van der Waals surface area contributed by atoms with Crippen LogP contribution in [0.5, 0.6) is 0 Å². The molecule has 0 amide bonds. The van der Waals surface area contributed by atoms with Crippen molar-refractivity contribution < 1.29 is 0 Å². The number of imidazole rings is 1. The van der Waals surface area contributed by atoms with Crippen molar-refractivity contribution in [2.75, 3.05) is 0 Å². The molecule has 0 saturated heterocycles. The number of rotatable bonds is 2. The average Bonchev–Trinajstić information content (AvgIpc) is 2.52. The maximum Gasteiger partial charge on any atom is 0.161 e. The molecule has 1 aromatic heterocycles. The number of hydrogen-bond acceptors (Lipinski definition) is 3. The van der Waals surface area contributed by atoms with Gasteiger partial charge >= 0.3 is 0 Å². The van der Waals surface area contributed by atoms with Crippen molar-refractivity contribution in [2.45, 2.75) is 20.8 Å². The maximum atomic E-state index is 5.51. The summed E-state index contributed by atoms with van der Waals surface area (Å²) in [6.45, 7) is 9.45. The van der Waals surface area contributed by atoms with Gasteiger partial charge in [0.1, 0.15) is 5.69 Å². The first-order chi connectivity index (χ1) is 6.66. The molecule has 0 atom stereocenters. The third-order valence-electron chi connectivity index (χ3n) is 1.46. The molecule has 0 aliphatic rings. The Balaban J connectivity index is 0.000000791. The molecule has 0 unspecified atom stereocenters. The summed E-state index contributed by atoms with van der Waals surface area (Å²) < 4.78 is 1.80. The van der Waals surface area contributed by atoms with Gasteiger partial charge in [-0.15, -0.1) is 0 Å². The Morgan fingerprint density at radius 1 is 1.64 bits per heavy atom. The highest BCUT2D eigenvalue weighted by Crippen LogP contribution is 2.19. The first-order valence-corrected chi connectivity index (χ1v) is 4.61. The van der Waals surface area contributed by atoms with Crippen LogP contribution >= 0.6 is 0 Å². The molecule has 4 nitrogen and oxygen atoms in total. The van der Waals surface area contributed by atoms with E-state index in [2.05, 4.69) is 16.6 Å². The minimum absolute atomic E-state index is 0.441. The average molecular weight is 194 g/mol. The summed E-state index contributed by atoms with van der Waals surface area (Å²) in [6, 6.07) is 0. The number of aryl methyl sites for hydroxylation is 1. The van der Waals surface area contributed by atoms with Gasteiger partial charge in [0, 0.05) is 13.3 Å². The second-order valence-corrected chi connectivity index (χ2v) is 2.44. The van der Waals surface area contributed by atoms with Gasteiger partial charge in [0.25, 0.3) is 0 Å². The molecular formula is C10H18N4. The summed E-state index contributed by atoms with van der Waals surface area (Å²) in [6.07, 6.45) is 3.36. The van der Waals surface area contributed by atoms with Crippen LogP contribution in [0.4, 0.5) is 5.82 Å². The van der Waals surface area contributed by atoms with Crippen LogP contribution < -0.4 is 5.73 Å². The van der Waals surface area contributed by atoms with E-state index >= 15 is 0 Å². The fourth-order valence-corrected chi connectivity index (χ4v) is 0.925. The monoisotopic (exact) mass is 194 g/mol. The van der Waals surface area contributed by atoms with Crippen LogP contribution in [-0.2, 0) is 7.05 Å². The molecule has 2 N–H and O–H groups in total. The molecule has 0 aliphatic carbocycles. The lowest BCUT2D eigenvalue weighted by Crippen LogP contribution is -1.95. The highest BCUT2D eigenvalue weighted by molar-refractivity contribution is 5.69. The lowest BCUT2D eigenvalue weighted by Gasteiger charge is -1.97. The summed E-state index contributed by atoms with van der Waals surface area (Å²) in [5.41, 5.74) is 6.60. The van der Waals surface area contributed by atoms with E-state index in [0.29, 0.717) is 11.4 Å². The van der Waals surface area contributed by atoms with E-state index in [9.17, 15) is 0 Å². The van der Waals surface area contributed by atoms with Crippen molar-refractivity contribution in [3.05, 3.63) is 18.6 Å². The third-order valence-corrected chi connectivity index (χ3v) is 1.46. The van der Waals surface area contributed by atoms with Crippen molar-refractivity contribution in [2.24, 2.45) is 17.8 Å². The van der Waals surface area contributed by atoms with Crippen LogP contribution in [0.3, 0.4) is 0 Å². The quantitative estimate of drug-likeness (QED) is 0.733. The van der Waals surface area contributed by atoms with Crippen molar-refractivity contribution >= 4 is 17.7 Å². The largest absolute Gasteiger partial charge is 0.397 e. The molecule has 0 spiro atoms. The van der Waals surface area contributed by atoms with Crippen LogP contribution in [0.2, 0.25) is 0 Å². The van der Waals surface area contributed by atoms with Crippen LogP contribution in [0.15, 0.2) is 17.9 Å². The fourth-order valence-electron chi connectivity index (χ4n) is 0.925. The van der Waals surface area contributed by atoms with Crippen LogP contribution in [0, 0.1) is 0 Å². The predicted octanol–water partition coefficient (Wildman–Crippen LogP) is 2.10. The zero-order valence-corrected chi connectivity index (χ0v) is 9.28. The van der Waals surface area contributed by atoms with Gasteiger partial charge in [-0.05, 0) is 6.92 Å². The Bertz CT molecular complexity index is 323. The van der Waals surface area contributed by atoms with E-state index in [1.807, 2.05) is 27.8 Å². The number of nitrogens with zero attached hydrogens (tertiary/aromatic N) is 3. The van der Waals surface area contributed by atoms with Crippen molar-refractivity contribution in [1.82, 2.24) is 9.55 Å². The van der Waals surface area contributed by atoms with Crippen molar-refractivity contribution in [1.29, 1.82) is 0 Å². The molecule has 78 valence electrons. The summed E-state index contributed by atoms with van der Waals surface area (Å²) in [5, 5.41) is 0. The van der Waals surface area contributed by atoms with Gasteiger partial charge in [0.2, 0.25) is 0 Å². The summed E-state index contributed by atoms with van der Waals surface area (Å²) in [4.78, 5) is 8.18. The summed E-state index contributed by atoms with van der Waals surface area (Å²) >= 11 is 0. The number of hydrogen-bond donors (Lipinski definition) is 1. The standard InChI is InChI=1S/C8H12N4.C2H6/c1-4-10-8-7(6(2)9)11-5-12(8)3;1-2/h4-5H,2,9H2,1,3H3;1-2H3/b10-4-;. The van der Waals surface area contributed by atoms with Crippen molar-refractivity contribution in [3.63, 3.8) is 0 Å². The second kappa shape index (κ2) is 5.96. The maximum absolute atomic E-state index is 5.51. The zero-order chi connectivity index (χ0) is 11.1. The molecule has 14 heavy (non-hydrogen) atoms. The fraction of sp³-hybridized carbons (Fsp3) is 0.400. The van der Waals surface area contributed by atoms with E-state index in [1.54, 1.807) is 17.1 Å². The molecule has 0 radical (unpaired) electrons. The van der Waals surface area contributed by atoms with E-state index < -0.39 is 0 Å². The highest BCUT2D eigenvalue weighted by Gasteiger charge is 2.07. The Labute approximate surface area is 85.2 Å². The van der Waals surface area contributed by atoms with Gasteiger partial charge < -0.3 is 10.3 Å². The van der Waals surface area contributed by atoms with E-state index in [0.717, 1.165) is 5.82 Å². The second-order valence-electron chi connectivity index (χ2n) is 2.44.